The van der Waals surface area contributed by atoms with E-state index in [9.17, 15) is 4.79 Å². The lowest BCUT2D eigenvalue weighted by atomic mass is 9.98. The maximum absolute atomic E-state index is 12.6. The molecule has 0 radical (unpaired) electrons. The minimum absolute atomic E-state index is 0.0382. The van der Waals surface area contributed by atoms with E-state index in [4.69, 9.17) is 5.73 Å². The van der Waals surface area contributed by atoms with Crippen LogP contribution in [0.15, 0.2) is 36.4 Å². The number of carbonyl (C=O) groups excluding carboxylic acids is 1. The zero-order valence-corrected chi connectivity index (χ0v) is 12.4. The van der Waals surface area contributed by atoms with Gasteiger partial charge in [-0.25, -0.2) is 0 Å². The summed E-state index contributed by atoms with van der Waals surface area (Å²) in [5.41, 5.74) is 8.52. The van der Waals surface area contributed by atoms with E-state index in [2.05, 4.69) is 10.2 Å². The Morgan fingerprint density at radius 2 is 2.05 bits per heavy atom. The lowest BCUT2D eigenvalue weighted by molar-refractivity contribution is 0.0773. The molecule has 1 amide bonds. The first-order chi connectivity index (χ1) is 10.7. The average Bonchev–Trinajstić information content (AvgIpc) is 3.25. The summed E-state index contributed by atoms with van der Waals surface area (Å²) in [4.78, 5) is 14.6. The van der Waals surface area contributed by atoms with Crippen molar-refractivity contribution in [2.45, 2.75) is 18.9 Å². The van der Waals surface area contributed by atoms with Crippen LogP contribution >= 0.6 is 0 Å². The topological polar surface area (TPSA) is 75.0 Å². The van der Waals surface area contributed by atoms with E-state index in [1.807, 2.05) is 41.3 Å². The quantitative estimate of drug-likeness (QED) is 0.888. The number of nitrogens with zero attached hydrogens (tertiary/aromatic N) is 2. The van der Waals surface area contributed by atoms with Crippen LogP contribution in [0.1, 0.15) is 23.3 Å². The van der Waals surface area contributed by atoms with Gasteiger partial charge in [-0.15, -0.1) is 0 Å². The minimum Gasteiger partial charge on any atom is -0.337 e. The zero-order chi connectivity index (χ0) is 15.1. The fraction of sp³-hybridized carbons (Fsp3) is 0.412. The Morgan fingerprint density at radius 1 is 1.23 bits per heavy atom. The molecule has 22 heavy (non-hydrogen) atoms. The van der Waals surface area contributed by atoms with Crippen LogP contribution in [0, 0.1) is 11.8 Å². The number of fused-ring (bicyclic) bond motifs is 1. The molecule has 1 aliphatic carbocycles. The van der Waals surface area contributed by atoms with Gasteiger partial charge in [0.1, 0.15) is 5.69 Å². The van der Waals surface area contributed by atoms with Gasteiger partial charge in [0.25, 0.3) is 5.91 Å². The molecule has 1 aromatic carbocycles. The van der Waals surface area contributed by atoms with Crippen molar-refractivity contribution < 1.29 is 4.79 Å². The Hall–Kier alpha value is -2.14. The van der Waals surface area contributed by atoms with Crippen LogP contribution in [0.4, 0.5) is 0 Å². The summed E-state index contributed by atoms with van der Waals surface area (Å²) in [6, 6.07) is 12.0. The molecule has 3 unspecified atom stereocenters. The summed E-state index contributed by atoms with van der Waals surface area (Å²) in [5, 5.41) is 7.15. The van der Waals surface area contributed by atoms with Gasteiger partial charge in [0, 0.05) is 24.7 Å². The van der Waals surface area contributed by atoms with Crippen molar-refractivity contribution >= 4 is 5.91 Å². The van der Waals surface area contributed by atoms with Crippen molar-refractivity contribution in [3.63, 3.8) is 0 Å². The number of H-pyrrole nitrogens is 1. The molecule has 4 rings (SSSR count). The molecule has 1 saturated heterocycles. The van der Waals surface area contributed by atoms with E-state index >= 15 is 0 Å². The zero-order valence-electron chi connectivity index (χ0n) is 12.4. The van der Waals surface area contributed by atoms with Gasteiger partial charge in [0.05, 0.1) is 5.69 Å². The summed E-state index contributed by atoms with van der Waals surface area (Å²) >= 11 is 0. The molecule has 2 fully saturated rings. The van der Waals surface area contributed by atoms with Gasteiger partial charge < -0.3 is 10.6 Å². The lowest BCUT2D eigenvalue weighted by Crippen LogP contribution is -2.33. The second-order valence-corrected chi connectivity index (χ2v) is 6.41. The van der Waals surface area contributed by atoms with Crippen LogP contribution < -0.4 is 5.73 Å². The number of hydrogen-bond donors (Lipinski definition) is 2. The number of nitrogens with two attached hydrogens (primary N) is 1. The predicted molar refractivity (Wildman–Crippen MR) is 84.1 cm³/mol. The predicted octanol–water partition coefficient (Wildman–Crippen LogP) is 1.89. The summed E-state index contributed by atoms with van der Waals surface area (Å²) in [7, 11) is 0. The monoisotopic (exact) mass is 296 g/mol. The molecule has 5 nitrogen and oxygen atoms in total. The van der Waals surface area contributed by atoms with E-state index < -0.39 is 0 Å². The molecule has 2 heterocycles. The third-order valence-electron chi connectivity index (χ3n) is 5.08. The van der Waals surface area contributed by atoms with Gasteiger partial charge in [-0.1, -0.05) is 30.3 Å². The van der Waals surface area contributed by atoms with E-state index in [-0.39, 0.29) is 11.9 Å². The average molecular weight is 296 g/mol. The van der Waals surface area contributed by atoms with E-state index in [0.717, 1.165) is 37.2 Å². The van der Waals surface area contributed by atoms with Crippen molar-refractivity contribution in [3.8, 4) is 11.3 Å². The SMILES string of the molecule is NC1CCC2CN(C(=O)c3cc(-c4ccccc4)n[nH]3)CC12. The largest absolute Gasteiger partial charge is 0.337 e. The van der Waals surface area contributed by atoms with E-state index in [0.29, 0.717) is 17.5 Å². The van der Waals surface area contributed by atoms with Gasteiger partial charge in [-0.05, 0) is 30.7 Å². The maximum atomic E-state index is 12.6. The first kappa shape index (κ1) is 13.5. The first-order valence-electron chi connectivity index (χ1n) is 7.88. The number of hydrogen-bond acceptors (Lipinski definition) is 3. The Balaban J connectivity index is 1.51. The van der Waals surface area contributed by atoms with Crippen molar-refractivity contribution in [1.82, 2.24) is 15.1 Å². The molecule has 3 N–H and O–H groups in total. The molecule has 0 bridgehead atoms. The standard InChI is InChI=1S/C17H20N4O/c18-14-7-6-12-9-21(10-13(12)14)17(22)16-8-15(19-20-16)11-4-2-1-3-5-11/h1-5,8,12-14H,6-7,9-10,18H2,(H,19,20). The Labute approximate surface area is 129 Å². The number of aromatic amines is 1. The number of likely N-dealkylation sites (tertiary alicyclic amines) is 1. The molecule has 2 aromatic rings. The lowest BCUT2D eigenvalue weighted by Gasteiger charge is -2.17. The molecule has 3 atom stereocenters. The molecule has 1 aromatic heterocycles. The number of nitrogens with one attached hydrogen (secondary N) is 1. The second kappa shape index (κ2) is 5.25. The van der Waals surface area contributed by atoms with Gasteiger partial charge in [-0.3, -0.25) is 9.89 Å². The van der Waals surface area contributed by atoms with Crippen LogP contribution in [0.25, 0.3) is 11.3 Å². The molecular weight excluding hydrogens is 276 g/mol. The summed E-state index contributed by atoms with van der Waals surface area (Å²) < 4.78 is 0. The third-order valence-corrected chi connectivity index (χ3v) is 5.08. The second-order valence-electron chi connectivity index (χ2n) is 6.41. The molecule has 1 saturated carbocycles. The maximum Gasteiger partial charge on any atom is 0.271 e. The number of rotatable bonds is 2. The fourth-order valence-corrected chi connectivity index (χ4v) is 3.83. The highest BCUT2D eigenvalue weighted by Crippen LogP contribution is 2.37. The van der Waals surface area contributed by atoms with E-state index in [1.54, 1.807) is 0 Å². The smallest absolute Gasteiger partial charge is 0.271 e. The molecule has 114 valence electrons. The van der Waals surface area contributed by atoms with Gasteiger partial charge in [0.2, 0.25) is 0 Å². The fourth-order valence-electron chi connectivity index (χ4n) is 3.83. The van der Waals surface area contributed by atoms with Crippen molar-refractivity contribution in [3.05, 3.63) is 42.1 Å². The van der Waals surface area contributed by atoms with Crippen LogP contribution in [-0.2, 0) is 0 Å². The van der Waals surface area contributed by atoms with Gasteiger partial charge in [-0.2, -0.15) is 5.10 Å². The van der Waals surface area contributed by atoms with Crippen LogP contribution in [0.3, 0.4) is 0 Å². The normalized spacial score (nSPS) is 27.1. The van der Waals surface area contributed by atoms with Gasteiger partial charge >= 0.3 is 0 Å². The minimum atomic E-state index is 0.0382. The molecule has 1 aliphatic heterocycles. The van der Waals surface area contributed by atoms with Gasteiger partial charge in [0.15, 0.2) is 0 Å². The highest BCUT2D eigenvalue weighted by Gasteiger charge is 2.42. The van der Waals surface area contributed by atoms with Crippen LogP contribution in [-0.4, -0.2) is 40.1 Å². The molecule has 2 aliphatic rings. The number of aromatic nitrogens is 2. The first-order valence-corrected chi connectivity index (χ1v) is 7.88. The summed E-state index contributed by atoms with van der Waals surface area (Å²) in [5.74, 6) is 1.09. The molecule has 0 spiro atoms. The van der Waals surface area contributed by atoms with E-state index in [1.165, 1.54) is 0 Å². The number of benzene rings is 1. The third kappa shape index (κ3) is 2.22. The molecular formula is C17H20N4O. The summed E-state index contributed by atoms with van der Waals surface area (Å²) in [6.45, 7) is 1.61. The highest BCUT2D eigenvalue weighted by molar-refractivity contribution is 5.93. The molecule has 5 heteroatoms. The Kier molecular flexibility index (Phi) is 3.22. The number of amides is 1. The Bertz CT molecular complexity index is 681. The summed E-state index contributed by atoms with van der Waals surface area (Å²) in [6.07, 6.45) is 2.24. The van der Waals surface area contributed by atoms with Crippen LogP contribution in [0.2, 0.25) is 0 Å². The van der Waals surface area contributed by atoms with Crippen LogP contribution in [0.5, 0.6) is 0 Å². The highest BCUT2D eigenvalue weighted by atomic mass is 16.2. The van der Waals surface area contributed by atoms with Crippen molar-refractivity contribution in [2.75, 3.05) is 13.1 Å². The number of carbonyl (C=O) groups is 1. The van der Waals surface area contributed by atoms with Crippen molar-refractivity contribution in [2.24, 2.45) is 17.6 Å². The Morgan fingerprint density at radius 3 is 2.82 bits per heavy atom. The van der Waals surface area contributed by atoms with Crippen molar-refractivity contribution in [1.29, 1.82) is 0 Å².